The quantitative estimate of drug-likeness (QED) is 0.675. The number of pyridine rings is 1. The molecule has 2 heterocycles. The molecule has 3 N–H and O–H groups in total. The zero-order valence-corrected chi connectivity index (χ0v) is 15.0. The molecule has 0 unspecified atom stereocenters. The molecule has 0 spiro atoms. The number of rotatable bonds is 4. The van der Waals surface area contributed by atoms with Crippen LogP contribution in [0.3, 0.4) is 0 Å². The highest BCUT2D eigenvalue weighted by Gasteiger charge is 2.13. The summed E-state index contributed by atoms with van der Waals surface area (Å²) in [7, 11) is 3.33. The number of H-pyrrole nitrogens is 1. The Hall–Kier alpha value is -3.35. The number of nitrogens with one attached hydrogen (secondary N) is 3. The maximum absolute atomic E-state index is 12.7. The SMILES string of the molecule is Cc1[nH]c2ccccc2c1NC(=O)c1ccnc(CNC(=O)N(C)C)c1. The van der Waals surface area contributed by atoms with Crippen LogP contribution in [0.25, 0.3) is 10.9 Å². The van der Waals surface area contributed by atoms with Crippen molar-refractivity contribution in [3.05, 3.63) is 59.5 Å². The van der Waals surface area contributed by atoms with E-state index in [1.165, 1.54) is 4.90 Å². The standard InChI is InChI=1S/C19H21N5O2/c1-12-17(15-6-4-5-7-16(15)22-12)23-18(25)13-8-9-20-14(10-13)11-21-19(26)24(2)3/h4-10,22H,11H2,1-3H3,(H,21,26)(H,23,25). The Morgan fingerprint density at radius 3 is 2.73 bits per heavy atom. The predicted molar refractivity (Wildman–Crippen MR) is 101 cm³/mol. The third kappa shape index (κ3) is 3.66. The van der Waals surface area contributed by atoms with Crippen LogP contribution in [0.15, 0.2) is 42.6 Å². The number of aromatic amines is 1. The molecule has 0 atom stereocenters. The summed E-state index contributed by atoms with van der Waals surface area (Å²) in [6, 6.07) is 10.9. The van der Waals surface area contributed by atoms with Gasteiger partial charge in [0.1, 0.15) is 0 Å². The fourth-order valence-corrected chi connectivity index (χ4v) is 2.66. The highest BCUT2D eigenvalue weighted by molar-refractivity contribution is 6.09. The monoisotopic (exact) mass is 351 g/mol. The molecule has 3 aromatic rings. The van der Waals surface area contributed by atoms with Gasteiger partial charge in [-0.2, -0.15) is 0 Å². The smallest absolute Gasteiger partial charge is 0.317 e. The Labute approximate surface area is 151 Å². The zero-order valence-electron chi connectivity index (χ0n) is 15.0. The summed E-state index contributed by atoms with van der Waals surface area (Å²) >= 11 is 0. The van der Waals surface area contributed by atoms with Crippen molar-refractivity contribution in [2.24, 2.45) is 0 Å². The van der Waals surface area contributed by atoms with Gasteiger partial charge in [0.25, 0.3) is 5.91 Å². The molecule has 0 radical (unpaired) electrons. The van der Waals surface area contributed by atoms with E-state index in [0.29, 0.717) is 11.3 Å². The summed E-state index contributed by atoms with van der Waals surface area (Å²) in [5.74, 6) is -0.222. The minimum atomic E-state index is -0.222. The summed E-state index contributed by atoms with van der Waals surface area (Å²) in [5.41, 5.74) is 3.74. The average molecular weight is 351 g/mol. The molecule has 134 valence electrons. The molecule has 7 nitrogen and oxygen atoms in total. The van der Waals surface area contributed by atoms with Gasteiger partial charge in [-0.3, -0.25) is 9.78 Å². The van der Waals surface area contributed by atoms with Crippen molar-refractivity contribution >= 4 is 28.5 Å². The summed E-state index contributed by atoms with van der Waals surface area (Å²) in [6.45, 7) is 2.18. The molecular formula is C19H21N5O2. The largest absolute Gasteiger partial charge is 0.357 e. The maximum atomic E-state index is 12.7. The Morgan fingerprint density at radius 1 is 1.19 bits per heavy atom. The first-order valence-corrected chi connectivity index (χ1v) is 8.24. The van der Waals surface area contributed by atoms with Crippen LogP contribution in [0.1, 0.15) is 21.7 Å². The number of para-hydroxylation sites is 1. The Balaban J connectivity index is 1.76. The number of urea groups is 1. The van der Waals surface area contributed by atoms with Gasteiger partial charge in [0, 0.05) is 42.5 Å². The molecule has 0 aliphatic heterocycles. The molecule has 1 aromatic carbocycles. The van der Waals surface area contributed by atoms with Crippen LogP contribution in [-0.2, 0) is 6.54 Å². The number of carbonyl (C=O) groups is 2. The second-order valence-corrected chi connectivity index (χ2v) is 6.21. The molecule has 7 heteroatoms. The van der Waals surface area contributed by atoms with E-state index in [-0.39, 0.29) is 18.5 Å². The molecule has 3 amide bonds. The van der Waals surface area contributed by atoms with Gasteiger partial charge in [0.15, 0.2) is 0 Å². The van der Waals surface area contributed by atoms with Gasteiger partial charge < -0.3 is 20.5 Å². The first kappa shape index (κ1) is 17.5. The molecule has 3 rings (SSSR count). The van der Waals surface area contributed by atoms with Gasteiger partial charge in [0.2, 0.25) is 0 Å². The lowest BCUT2D eigenvalue weighted by atomic mass is 10.2. The number of benzene rings is 1. The third-order valence-electron chi connectivity index (χ3n) is 4.04. The molecule has 0 aliphatic rings. The Morgan fingerprint density at radius 2 is 1.96 bits per heavy atom. The zero-order chi connectivity index (χ0) is 18.7. The fraction of sp³-hybridized carbons (Fsp3) is 0.211. The van der Waals surface area contributed by atoms with E-state index in [1.807, 2.05) is 31.2 Å². The number of fused-ring (bicyclic) bond motifs is 1. The summed E-state index contributed by atoms with van der Waals surface area (Å²) in [5, 5.41) is 6.66. The lowest BCUT2D eigenvalue weighted by Crippen LogP contribution is -2.34. The second-order valence-electron chi connectivity index (χ2n) is 6.21. The highest BCUT2D eigenvalue weighted by atomic mass is 16.2. The van der Waals surface area contributed by atoms with Gasteiger partial charge in [0.05, 0.1) is 17.9 Å². The predicted octanol–water partition coefficient (Wildman–Crippen LogP) is 2.89. The Bertz CT molecular complexity index is 961. The van der Waals surface area contributed by atoms with Crippen molar-refractivity contribution in [2.75, 3.05) is 19.4 Å². The van der Waals surface area contributed by atoms with Crippen molar-refractivity contribution in [1.29, 1.82) is 0 Å². The molecular weight excluding hydrogens is 330 g/mol. The lowest BCUT2D eigenvalue weighted by Gasteiger charge is -2.12. The van der Waals surface area contributed by atoms with Crippen LogP contribution in [0.4, 0.5) is 10.5 Å². The number of nitrogens with zero attached hydrogens (tertiary/aromatic N) is 2. The van der Waals surface area contributed by atoms with Gasteiger partial charge in [-0.15, -0.1) is 0 Å². The summed E-state index contributed by atoms with van der Waals surface area (Å²) in [6.07, 6.45) is 1.56. The van der Waals surface area contributed by atoms with Crippen LogP contribution < -0.4 is 10.6 Å². The van der Waals surface area contributed by atoms with Crippen molar-refractivity contribution in [3.63, 3.8) is 0 Å². The van der Waals surface area contributed by atoms with E-state index < -0.39 is 0 Å². The fourth-order valence-electron chi connectivity index (χ4n) is 2.66. The molecule has 26 heavy (non-hydrogen) atoms. The number of carbonyl (C=O) groups excluding carboxylic acids is 2. The van der Waals surface area contributed by atoms with E-state index in [9.17, 15) is 9.59 Å². The van der Waals surface area contributed by atoms with Crippen molar-refractivity contribution < 1.29 is 9.59 Å². The number of aromatic nitrogens is 2. The molecule has 0 bridgehead atoms. The molecule has 0 saturated heterocycles. The van der Waals surface area contributed by atoms with Gasteiger partial charge in [-0.05, 0) is 25.1 Å². The first-order valence-electron chi connectivity index (χ1n) is 8.24. The lowest BCUT2D eigenvalue weighted by molar-refractivity contribution is 0.102. The van der Waals surface area contributed by atoms with Crippen LogP contribution in [0.2, 0.25) is 0 Å². The van der Waals surface area contributed by atoms with Crippen LogP contribution >= 0.6 is 0 Å². The van der Waals surface area contributed by atoms with Crippen molar-refractivity contribution in [3.8, 4) is 0 Å². The molecule has 0 saturated carbocycles. The van der Waals surface area contributed by atoms with E-state index in [4.69, 9.17) is 0 Å². The summed E-state index contributed by atoms with van der Waals surface area (Å²) in [4.78, 5) is 33.2. The second kappa shape index (κ2) is 7.26. The number of anilines is 1. The van der Waals surface area contributed by atoms with E-state index in [2.05, 4.69) is 20.6 Å². The number of hydrogen-bond acceptors (Lipinski definition) is 3. The van der Waals surface area contributed by atoms with Crippen molar-refractivity contribution in [2.45, 2.75) is 13.5 Å². The van der Waals surface area contributed by atoms with E-state index in [0.717, 1.165) is 22.3 Å². The number of aryl methyl sites for hydroxylation is 1. The summed E-state index contributed by atoms with van der Waals surface area (Å²) < 4.78 is 0. The van der Waals surface area contributed by atoms with Crippen molar-refractivity contribution in [1.82, 2.24) is 20.2 Å². The molecule has 0 fully saturated rings. The highest BCUT2D eigenvalue weighted by Crippen LogP contribution is 2.27. The van der Waals surface area contributed by atoms with Gasteiger partial charge in [-0.1, -0.05) is 18.2 Å². The topological polar surface area (TPSA) is 90.1 Å². The van der Waals surface area contributed by atoms with Gasteiger partial charge >= 0.3 is 6.03 Å². The normalized spacial score (nSPS) is 10.6. The third-order valence-corrected chi connectivity index (χ3v) is 4.04. The maximum Gasteiger partial charge on any atom is 0.317 e. The number of amides is 3. The van der Waals surface area contributed by atoms with E-state index >= 15 is 0 Å². The van der Waals surface area contributed by atoms with E-state index in [1.54, 1.807) is 32.4 Å². The number of hydrogen-bond donors (Lipinski definition) is 3. The minimum absolute atomic E-state index is 0.212. The van der Waals surface area contributed by atoms with Crippen LogP contribution in [-0.4, -0.2) is 40.9 Å². The first-order chi connectivity index (χ1) is 12.5. The minimum Gasteiger partial charge on any atom is -0.357 e. The average Bonchev–Trinajstić information content (AvgIpc) is 2.95. The van der Waals surface area contributed by atoms with Crippen LogP contribution in [0, 0.1) is 6.92 Å². The molecule has 0 aliphatic carbocycles. The van der Waals surface area contributed by atoms with Crippen LogP contribution in [0.5, 0.6) is 0 Å². The van der Waals surface area contributed by atoms with Gasteiger partial charge in [-0.25, -0.2) is 4.79 Å². The molecule has 2 aromatic heterocycles. The Kier molecular flexibility index (Phi) is 4.88.